The molecule has 1 aliphatic rings. The number of hydrogen-bond donors (Lipinski definition) is 1. The van der Waals surface area contributed by atoms with Gasteiger partial charge in [-0.3, -0.25) is 4.79 Å². The van der Waals surface area contributed by atoms with Gasteiger partial charge in [-0.25, -0.2) is 4.79 Å². The maximum Gasteiger partial charge on any atom is 0.332 e. The molecule has 7 heteroatoms. The van der Waals surface area contributed by atoms with Gasteiger partial charge in [-0.15, -0.1) is 0 Å². The highest BCUT2D eigenvalue weighted by atomic mass is 35.5. The van der Waals surface area contributed by atoms with Crippen LogP contribution in [-0.2, 0) is 25.5 Å². The molecule has 31 heavy (non-hydrogen) atoms. The Labute approximate surface area is 189 Å². The van der Waals surface area contributed by atoms with Crippen LogP contribution in [-0.4, -0.2) is 59.9 Å². The zero-order valence-electron chi connectivity index (χ0n) is 18.1. The molecular formula is C24H30ClNO5. The van der Waals surface area contributed by atoms with Crippen molar-refractivity contribution in [1.82, 2.24) is 4.90 Å². The molecule has 168 valence electrons. The third-order valence-corrected chi connectivity index (χ3v) is 4.87. The van der Waals surface area contributed by atoms with Crippen molar-refractivity contribution < 1.29 is 24.2 Å². The van der Waals surface area contributed by atoms with E-state index in [1.165, 1.54) is 0 Å². The third-order valence-electron chi connectivity index (χ3n) is 4.64. The van der Waals surface area contributed by atoms with Crippen LogP contribution in [0.4, 0.5) is 0 Å². The van der Waals surface area contributed by atoms with Crippen molar-refractivity contribution in [2.45, 2.75) is 57.8 Å². The van der Waals surface area contributed by atoms with Gasteiger partial charge in [0.25, 0.3) is 0 Å². The lowest BCUT2D eigenvalue weighted by atomic mass is 9.99. The first-order valence-electron chi connectivity index (χ1n) is 10.5. The van der Waals surface area contributed by atoms with E-state index in [1.54, 1.807) is 30.9 Å². The highest BCUT2D eigenvalue weighted by molar-refractivity contribution is 6.30. The lowest BCUT2D eigenvalue weighted by Crippen LogP contribution is -2.42. The van der Waals surface area contributed by atoms with Gasteiger partial charge in [0.1, 0.15) is 13.2 Å². The van der Waals surface area contributed by atoms with Crippen LogP contribution in [0.5, 0.6) is 0 Å². The Morgan fingerprint density at radius 1 is 1.39 bits per heavy atom. The number of likely N-dealkylation sites (tertiary alicyclic amines) is 1. The average Bonchev–Trinajstić information content (AvgIpc) is 2.69. The number of piperidine rings is 1. The van der Waals surface area contributed by atoms with Gasteiger partial charge in [-0.1, -0.05) is 47.7 Å². The summed E-state index contributed by atoms with van der Waals surface area (Å²) in [6.45, 7) is 3.76. The molecule has 0 bridgehead atoms. The van der Waals surface area contributed by atoms with E-state index < -0.39 is 12.1 Å². The summed E-state index contributed by atoms with van der Waals surface area (Å²) >= 11 is 5.99. The largest absolute Gasteiger partial charge is 0.461 e. The molecule has 1 unspecified atom stereocenters. The lowest BCUT2D eigenvalue weighted by Gasteiger charge is -2.32. The number of hydrogen-bond acceptors (Lipinski definition) is 5. The van der Waals surface area contributed by atoms with Crippen molar-refractivity contribution in [3.8, 4) is 11.8 Å². The number of carbonyl (C=O) groups excluding carboxylic acids is 2. The smallest absolute Gasteiger partial charge is 0.332 e. The summed E-state index contributed by atoms with van der Waals surface area (Å²) in [5, 5.41) is 11.0. The molecule has 6 nitrogen and oxygen atoms in total. The second-order valence-electron chi connectivity index (χ2n) is 7.65. The minimum absolute atomic E-state index is 0.0426. The van der Waals surface area contributed by atoms with E-state index in [1.807, 2.05) is 24.3 Å². The number of aliphatic hydroxyl groups is 1. The van der Waals surface area contributed by atoms with Crippen molar-refractivity contribution in [2.75, 3.05) is 19.8 Å². The van der Waals surface area contributed by atoms with Crippen LogP contribution in [0.3, 0.4) is 0 Å². The van der Waals surface area contributed by atoms with Gasteiger partial charge in [0.05, 0.1) is 24.8 Å². The fraction of sp³-hybridized carbons (Fsp3) is 0.500. The number of amides is 1. The number of rotatable bonds is 9. The Balaban J connectivity index is 1.83. The van der Waals surface area contributed by atoms with Crippen molar-refractivity contribution in [3.05, 3.63) is 47.0 Å². The molecular weight excluding hydrogens is 418 g/mol. The fourth-order valence-electron chi connectivity index (χ4n) is 3.26. The van der Waals surface area contributed by atoms with Crippen LogP contribution in [0.2, 0.25) is 5.02 Å². The number of ether oxygens (including phenoxy) is 2. The van der Waals surface area contributed by atoms with Gasteiger partial charge in [-0.05, 0) is 44.4 Å². The van der Waals surface area contributed by atoms with Gasteiger partial charge >= 0.3 is 5.97 Å². The number of aliphatic hydroxyl groups excluding tert-OH is 1. The topological polar surface area (TPSA) is 76.1 Å². The summed E-state index contributed by atoms with van der Waals surface area (Å²) in [5.41, 5.74) is 0.948. The van der Waals surface area contributed by atoms with Gasteiger partial charge < -0.3 is 19.5 Å². The number of nitrogens with zero attached hydrogens (tertiary/aromatic N) is 1. The molecule has 0 radical (unpaired) electrons. The number of benzene rings is 1. The minimum Gasteiger partial charge on any atom is -0.461 e. The molecule has 1 saturated heterocycles. The maximum atomic E-state index is 12.3. The zero-order chi connectivity index (χ0) is 22.6. The van der Waals surface area contributed by atoms with E-state index in [9.17, 15) is 14.7 Å². The van der Waals surface area contributed by atoms with Crippen molar-refractivity contribution >= 4 is 23.5 Å². The molecule has 2 rings (SSSR count). The average molecular weight is 448 g/mol. The monoisotopic (exact) mass is 447 g/mol. The summed E-state index contributed by atoms with van der Waals surface area (Å²) in [5.74, 6) is 5.37. The first kappa shape index (κ1) is 24.9. The number of esters is 1. The first-order valence-corrected chi connectivity index (χ1v) is 10.9. The quantitative estimate of drug-likeness (QED) is 0.272. The van der Waals surface area contributed by atoms with E-state index >= 15 is 0 Å². The molecule has 0 saturated carbocycles. The van der Waals surface area contributed by atoms with Crippen LogP contribution in [0.25, 0.3) is 0 Å². The van der Waals surface area contributed by atoms with Gasteiger partial charge in [-0.2, -0.15) is 0 Å². The summed E-state index contributed by atoms with van der Waals surface area (Å²) in [6.07, 6.45) is 5.35. The predicted molar refractivity (Wildman–Crippen MR) is 119 cm³/mol. The fourth-order valence-corrected chi connectivity index (χ4v) is 3.47. The second kappa shape index (κ2) is 13.2. The Morgan fingerprint density at radius 2 is 2.19 bits per heavy atom. The molecule has 1 aromatic rings. The van der Waals surface area contributed by atoms with Gasteiger partial charge in [0.15, 0.2) is 0 Å². The van der Waals surface area contributed by atoms with E-state index in [0.717, 1.165) is 18.4 Å². The molecule has 1 amide bonds. The molecule has 1 aromatic carbocycles. The molecule has 1 heterocycles. The maximum absolute atomic E-state index is 12.3. The Morgan fingerprint density at radius 3 is 2.94 bits per heavy atom. The van der Waals surface area contributed by atoms with Crippen molar-refractivity contribution in [3.63, 3.8) is 0 Å². The Bertz CT molecular complexity index is 827. The molecule has 2 atom stereocenters. The second-order valence-corrected chi connectivity index (χ2v) is 8.09. The molecule has 1 aliphatic heterocycles. The highest BCUT2D eigenvalue weighted by Crippen LogP contribution is 2.19. The van der Waals surface area contributed by atoms with E-state index in [-0.39, 0.29) is 37.8 Å². The minimum atomic E-state index is -0.664. The predicted octanol–water partition coefficient (Wildman–Crippen LogP) is 3.15. The molecule has 0 aliphatic carbocycles. The van der Waals surface area contributed by atoms with Crippen molar-refractivity contribution in [2.24, 2.45) is 0 Å². The number of carbonyl (C=O) groups is 2. The summed E-state index contributed by atoms with van der Waals surface area (Å²) in [7, 11) is 0. The van der Waals surface area contributed by atoms with Crippen LogP contribution >= 0.6 is 11.6 Å². The van der Waals surface area contributed by atoms with E-state index in [2.05, 4.69) is 11.8 Å². The van der Waals surface area contributed by atoms with E-state index in [4.69, 9.17) is 21.1 Å². The lowest BCUT2D eigenvalue weighted by molar-refractivity contribution is -0.152. The Hall–Kier alpha value is -2.33. The van der Waals surface area contributed by atoms with Crippen LogP contribution in [0, 0.1) is 11.8 Å². The SMILES string of the molecule is CC(C)OC(=O)COCC#CCN1C(=O)CCC[C@@H]1C=CC(O)Cc1cccc(Cl)c1. The molecule has 0 aromatic heterocycles. The molecule has 1 N–H and O–H groups in total. The number of halogens is 1. The summed E-state index contributed by atoms with van der Waals surface area (Å²) in [6, 6.07) is 7.29. The van der Waals surface area contributed by atoms with Crippen molar-refractivity contribution in [1.29, 1.82) is 0 Å². The van der Waals surface area contributed by atoms with Crippen LogP contribution in [0.1, 0.15) is 38.7 Å². The van der Waals surface area contributed by atoms with Gasteiger partial charge in [0, 0.05) is 17.9 Å². The zero-order valence-corrected chi connectivity index (χ0v) is 18.8. The summed E-state index contributed by atoms with van der Waals surface area (Å²) in [4.78, 5) is 25.5. The molecule has 0 spiro atoms. The highest BCUT2D eigenvalue weighted by Gasteiger charge is 2.25. The molecule has 1 fully saturated rings. The standard InChI is InChI=1S/C24H30ClNO5/c1-18(2)31-24(29)17-30-14-4-3-13-26-21(9-6-10-23(26)28)11-12-22(27)16-19-7-5-8-20(25)15-19/h5,7-8,11-12,15,18,21-22,27H,6,9-10,13-14,16-17H2,1-2H3/t21-,22?/m1/s1. The van der Waals surface area contributed by atoms with Gasteiger partial charge in [0.2, 0.25) is 5.91 Å². The third kappa shape index (κ3) is 9.56. The van der Waals surface area contributed by atoms with E-state index in [0.29, 0.717) is 17.9 Å². The normalized spacial score (nSPS) is 17.5. The first-order chi connectivity index (χ1) is 14.8. The Kier molecular flexibility index (Phi) is 10.6. The summed E-state index contributed by atoms with van der Waals surface area (Å²) < 4.78 is 10.1. The van der Waals surface area contributed by atoms with Crippen LogP contribution in [0.15, 0.2) is 36.4 Å². The van der Waals surface area contributed by atoms with Crippen LogP contribution < -0.4 is 0 Å².